The third-order valence-corrected chi connectivity index (χ3v) is 3.09. The zero-order valence-electron chi connectivity index (χ0n) is 10.7. The molecule has 2 amide bonds. The summed E-state index contributed by atoms with van der Waals surface area (Å²) in [4.78, 5) is 25.1. The number of carbonyl (C=O) groups is 2. The first-order chi connectivity index (χ1) is 8.59. The second-order valence-electron chi connectivity index (χ2n) is 4.82. The number of benzene rings is 1. The fourth-order valence-electron chi connectivity index (χ4n) is 2.19. The third-order valence-electron chi connectivity index (χ3n) is 3.09. The molecule has 1 atom stereocenters. The van der Waals surface area contributed by atoms with Crippen molar-refractivity contribution in [3.8, 4) is 0 Å². The van der Waals surface area contributed by atoms with Crippen LogP contribution in [-0.4, -0.2) is 28.8 Å². The van der Waals surface area contributed by atoms with Crippen LogP contribution in [0.15, 0.2) is 30.3 Å². The molecule has 1 aliphatic rings. The highest BCUT2D eigenvalue weighted by Gasteiger charge is 2.39. The molecule has 0 radical (unpaired) electrons. The Morgan fingerprint density at radius 1 is 1.28 bits per heavy atom. The number of hydrogen-bond acceptors (Lipinski definition) is 3. The lowest BCUT2D eigenvalue weighted by Gasteiger charge is -2.19. The fraction of sp³-hybridized carbons (Fsp3) is 0.429. The maximum atomic E-state index is 12.0. The minimum Gasteiger partial charge on any atom is -0.301 e. The van der Waals surface area contributed by atoms with Crippen molar-refractivity contribution in [2.24, 2.45) is 0 Å². The smallest absolute Gasteiger partial charge is 0.247 e. The molecule has 0 saturated carbocycles. The molecule has 4 heteroatoms. The number of carbonyl (C=O) groups excluding carboxylic acids is 2. The third kappa shape index (κ3) is 2.59. The molecule has 1 N–H and O–H groups in total. The van der Waals surface area contributed by atoms with Crippen molar-refractivity contribution in [3.05, 3.63) is 35.9 Å². The summed E-state index contributed by atoms with van der Waals surface area (Å²) in [7, 11) is 0. The van der Waals surface area contributed by atoms with E-state index in [0.29, 0.717) is 6.54 Å². The molecule has 0 spiro atoms. The van der Waals surface area contributed by atoms with Crippen LogP contribution in [0.2, 0.25) is 0 Å². The molecular formula is C14H18N2O2. The van der Waals surface area contributed by atoms with E-state index in [0.717, 1.165) is 5.56 Å². The maximum Gasteiger partial charge on any atom is 0.247 e. The number of nitrogens with one attached hydrogen (secondary N) is 1. The van der Waals surface area contributed by atoms with Gasteiger partial charge in [0.15, 0.2) is 0 Å². The minimum absolute atomic E-state index is 0.0616. The van der Waals surface area contributed by atoms with Gasteiger partial charge in [-0.05, 0) is 19.4 Å². The topological polar surface area (TPSA) is 49.4 Å². The van der Waals surface area contributed by atoms with Crippen molar-refractivity contribution in [2.75, 3.05) is 0 Å². The van der Waals surface area contributed by atoms with Crippen molar-refractivity contribution >= 4 is 11.8 Å². The van der Waals surface area contributed by atoms with Gasteiger partial charge in [0, 0.05) is 12.6 Å². The monoisotopic (exact) mass is 246 g/mol. The molecule has 1 unspecified atom stereocenters. The van der Waals surface area contributed by atoms with E-state index in [1.165, 1.54) is 4.90 Å². The van der Waals surface area contributed by atoms with E-state index in [1.807, 2.05) is 44.2 Å². The maximum absolute atomic E-state index is 12.0. The van der Waals surface area contributed by atoms with Crippen LogP contribution in [0.3, 0.4) is 0 Å². The van der Waals surface area contributed by atoms with Crippen LogP contribution in [0.4, 0.5) is 0 Å². The molecule has 0 aromatic heterocycles. The van der Waals surface area contributed by atoms with Gasteiger partial charge in [0.05, 0.1) is 12.5 Å². The highest BCUT2D eigenvalue weighted by atomic mass is 16.2. The number of hydrogen-bond donors (Lipinski definition) is 1. The van der Waals surface area contributed by atoms with Crippen molar-refractivity contribution in [3.63, 3.8) is 0 Å². The van der Waals surface area contributed by atoms with E-state index >= 15 is 0 Å². The van der Waals surface area contributed by atoms with Crippen LogP contribution in [0.5, 0.6) is 0 Å². The molecule has 96 valence electrons. The molecular weight excluding hydrogens is 228 g/mol. The summed E-state index contributed by atoms with van der Waals surface area (Å²) in [6.45, 7) is 4.32. The molecule has 1 aromatic carbocycles. The van der Waals surface area contributed by atoms with Crippen LogP contribution >= 0.6 is 0 Å². The van der Waals surface area contributed by atoms with Gasteiger partial charge in [0.2, 0.25) is 11.8 Å². The standard InChI is InChI=1S/C14H18N2O2/c1-10(2)16-13(17)8-12(14(16)18)15-9-11-6-4-3-5-7-11/h3-7,10,12,15H,8-9H2,1-2H3. The predicted molar refractivity (Wildman–Crippen MR) is 68.7 cm³/mol. The van der Waals surface area contributed by atoms with Crippen LogP contribution < -0.4 is 5.32 Å². The zero-order chi connectivity index (χ0) is 13.1. The number of imide groups is 1. The summed E-state index contributed by atoms with van der Waals surface area (Å²) in [5.74, 6) is -0.188. The normalized spacial score (nSPS) is 19.9. The van der Waals surface area contributed by atoms with Gasteiger partial charge in [0.1, 0.15) is 0 Å². The molecule has 0 bridgehead atoms. The van der Waals surface area contributed by atoms with Gasteiger partial charge in [-0.1, -0.05) is 30.3 Å². The number of nitrogens with zero attached hydrogens (tertiary/aromatic N) is 1. The van der Waals surface area contributed by atoms with Crippen molar-refractivity contribution in [1.29, 1.82) is 0 Å². The second-order valence-corrected chi connectivity index (χ2v) is 4.82. The number of rotatable bonds is 4. The first kappa shape index (κ1) is 12.8. The largest absolute Gasteiger partial charge is 0.301 e. The molecule has 1 fully saturated rings. The highest BCUT2D eigenvalue weighted by Crippen LogP contribution is 2.16. The van der Waals surface area contributed by atoms with Gasteiger partial charge in [-0.3, -0.25) is 14.5 Å². The van der Waals surface area contributed by atoms with Gasteiger partial charge in [-0.25, -0.2) is 0 Å². The molecule has 1 aliphatic heterocycles. The Morgan fingerprint density at radius 3 is 2.50 bits per heavy atom. The lowest BCUT2D eigenvalue weighted by Crippen LogP contribution is -2.41. The summed E-state index contributed by atoms with van der Waals surface area (Å²) < 4.78 is 0. The lowest BCUT2D eigenvalue weighted by molar-refractivity contribution is -0.140. The van der Waals surface area contributed by atoms with Gasteiger partial charge in [0.25, 0.3) is 0 Å². The summed E-state index contributed by atoms with van der Waals surface area (Å²) >= 11 is 0. The van der Waals surface area contributed by atoms with Crippen LogP contribution in [-0.2, 0) is 16.1 Å². The van der Waals surface area contributed by atoms with E-state index in [2.05, 4.69) is 5.32 Å². The summed E-state index contributed by atoms with van der Waals surface area (Å²) in [6, 6.07) is 9.42. The minimum atomic E-state index is -0.375. The summed E-state index contributed by atoms with van der Waals surface area (Å²) in [5.41, 5.74) is 1.11. The average Bonchev–Trinajstić information content (AvgIpc) is 2.63. The molecule has 2 rings (SSSR count). The lowest BCUT2D eigenvalue weighted by atomic mass is 10.2. The molecule has 18 heavy (non-hydrogen) atoms. The van der Waals surface area contributed by atoms with Gasteiger partial charge >= 0.3 is 0 Å². The quantitative estimate of drug-likeness (QED) is 0.815. The Kier molecular flexibility index (Phi) is 3.77. The van der Waals surface area contributed by atoms with Crippen LogP contribution in [0.1, 0.15) is 25.8 Å². The first-order valence-corrected chi connectivity index (χ1v) is 6.23. The molecule has 1 aromatic rings. The van der Waals surface area contributed by atoms with Crippen LogP contribution in [0.25, 0.3) is 0 Å². The summed E-state index contributed by atoms with van der Waals surface area (Å²) in [6.07, 6.45) is 0.268. The molecule has 1 heterocycles. The SMILES string of the molecule is CC(C)N1C(=O)CC(NCc2ccccc2)C1=O. The van der Waals surface area contributed by atoms with Gasteiger partial charge in [-0.15, -0.1) is 0 Å². The van der Waals surface area contributed by atoms with E-state index in [1.54, 1.807) is 0 Å². The van der Waals surface area contributed by atoms with Gasteiger partial charge < -0.3 is 5.32 Å². The Labute approximate surface area is 107 Å². The van der Waals surface area contributed by atoms with Crippen LogP contribution in [0, 0.1) is 0 Å². The summed E-state index contributed by atoms with van der Waals surface area (Å²) in [5, 5.41) is 3.15. The van der Waals surface area contributed by atoms with E-state index in [4.69, 9.17) is 0 Å². The Balaban J connectivity index is 1.96. The Hall–Kier alpha value is -1.68. The van der Waals surface area contributed by atoms with Crippen molar-refractivity contribution in [1.82, 2.24) is 10.2 Å². The van der Waals surface area contributed by atoms with Crippen molar-refractivity contribution in [2.45, 2.75) is 38.9 Å². The Bertz CT molecular complexity index is 442. The fourth-order valence-corrected chi connectivity index (χ4v) is 2.19. The molecule has 1 saturated heterocycles. The number of amides is 2. The second kappa shape index (κ2) is 5.31. The highest BCUT2D eigenvalue weighted by molar-refractivity contribution is 6.05. The zero-order valence-corrected chi connectivity index (χ0v) is 10.7. The van der Waals surface area contributed by atoms with Crippen molar-refractivity contribution < 1.29 is 9.59 Å². The molecule has 4 nitrogen and oxygen atoms in total. The van der Waals surface area contributed by atoms with E-state index in [9.17, 15) is 9.59 Å². The molecule has 0 aliphatic carbocycles. The first-order valence-electron chi connectivity index (χ1n) is 6.23. The van der Waals surface area contributed by atoms with Gasteiger partial charge in [-0.2, -0.15) is 0 Å². The average molecular weight is 246 g/mol. The predicted octanol–water partition coefficient (Wildman–Crippen LogP) is 1.31. The van der Waals surface area contributed by atoms with E-state index < -0.39 is 0 Å². The Morgan fingerprint density at radius 2 is 1.94 bits per heavy atom. The van der Waals surface area contributed by atoms with E-state index in [-0.39, 0.29) is 30.3 Å². The number of likely N-dealkylation sites (tertiary alicyclic amines) is 1.